The van der Waals surface area contributed by atoms with Crippen LogP contribution in [0.5, 0.6) is 0 Å². The first-order valence-corrected chi connectivity index (χ1v) is 34.1. The molecule has 0 amide bonds. The van der Waals surface area contributed by atoms with Gasteiger partial charge in [-0.1, -0.05) is 273 Å². The van der Waals surface area contributed by atoms with Crippen molar-refractivity contribution in [3.8, 4) is 0 Å². The maximum absolute atomic E-state index is 8.24. The van der Waals surface area contributed by atoms with Crippen molar-refractivity contribution in [2.24, 2.45) is 0 Å². The third-order valence-electron chi connectivity index (χ3n) is 12.9. The van der Waals surface area contributed by atoms with E-state index in [-0.39, 0.29) is 0 Å². The highest BCUT2D eigenvalue weighted by molar-refractivity contribution is 6.89. The molecule has 0 radical (unpaired) electrons. The summed E-state index contributed by atoms with van der Waals surface area (Å²) in [6.45, 7) is 19.6. The van der Waals surface area contributed by atoms with Crippen molar-refractivity contribution in [3.63, 3.8) is 0 Å². The summed E-state index contributed by atoms with van der Waals surface area (Å²) in [5.74, 6) is 0. The van der Waals surface area contributed by atoms with Crippen LogP contribution in [0.2, 0.25) is 49.4 Å². The predicted molar refractivity (Wildman–Crippen MR) is 260 cm³/mol. The van der Waals surface area contributed by atoms with E-state index in [2.05, 4.69) is 54.6 Å². The summed E-state index contributed by atoms with van der Waals surface area (Å²) in [6, 6.07) is 8.11. The van der Waals surface area contributed by atoms with Crippen molar-refractivity contribution in [1.29, 1.82) is 0 Å². The largest absolute Gasteiger partial charge is 0.436 e. The molecule has 0 aliphatic rings. The smallest absolute Gasteiger partial charge is 0.317 e. The molecule has 0 fully saturated rings. The minimum absolute atomic E-state index is 1.29. The molecule has 0 aliphatic heterocycles. The summed E-state index contributed by atoms with van der Waals surface area (Å²) in [4.78, 5) is 0. The molecule has 0 aromatic heterocycles. The highest BCUT2D eigenvalue weighted by atomic mass is 28.5. The van der Waals surface area contributed by atoms with Crippen LogP contribution < -0.4 is 0 Å². The lowest BCUT2D eigenvalue weighted by atomic mass is 10.1. The van der Waals surface area contributed by atoms with Gasteiger partial charge in [0.05, 0.1) is 0 Å². The Labute approximate surface area is 353 Å². The second kappa shape index (κ2) is 40.0. The Morgan fingerprint density at radius 3 is 0.582 bits per heavy atom. The quantitative estimate of drug-likeness (QED) is 0.0450. The minimum Gasteiger partial charge on any atom is -0.436 e. The van der Waals surface area contributed by atoms with Crippen molar-refractivity contribution in [2.75, 3.05) is 0 Å². The van der Waals surface area contributed by atoms with Gasteiger partial charge in [-0.25, -0.2) is 0 Å². The Kier molecular flexibility index (Phi) is 40.4. The molecule has 0 aromatic carbocycles. The zero-order valence-corrected chi connectivity index (χ0v) is 43.0. The van der Waals surface area contributed by atoms with Crippen LogP contribution >= 0.6 is 0 Å². The zero-order chi connectivity index (χ0) is 40.6. The molecule has 0 bridgehead atoms. The molecule has 0 N–H and O–H groups in total. The molecule has 332 valence electrons. The number of rotatable bonds is 46. The van der Waals surface area contributed by atoms with E-state index in [4.69, 9.17) is 8.23 Å². The zero-order valence-electron chi connectivity index (χ0n) is 40.0. The Balaban J connectivity index is 6.58. The molecular formula is C50H108O2Si3. The molecule has 0 unspecified atom stereocenters. The van der Waals surface area contributed by atoms with Crippen LogP contribution in [0.25, 0.3) is 0 Å². The van der Waals surface area contributed by atoms with Gasteiger partial charge in [0.25, 0.3) is 0 Å². The van der Waals surface area contributed by atoms with E-state index in [1.165, 1.54) is 267 Å². The van der Waals surface area contributed by atoms with Crippen molar-refractivity contribution in [2.45, 2.75) is 322 Å². The van der Waals surface area contributed by atoms with E-state index in [0.29, 0.717) is 0 Å². The molecule has 5 heteroatoms. The van der Waals surface area contributed by atoms with Gasteiger partial charge in [0.1, 0.15) is 0 Å². The highest BCUT2D eigenvalue weighted by Gasteiger charge is 2.48. The van der Waals surface area contributed by atoms with E-state index in [0.717, 1.165) is 0 Å². The highest BCUT2D eigenvalue weighted by Crippen LogP contribution is 2.39. The molecule has 0 saturated heterocycles. The summed E-state index contributed by atoms with van der Waals surface area (Å²) >= 11 is 0. The fourth-order valence-electron chi connectivity index (χ4n) is 9.17. The molecule has 0 spiro atoms. The number of unbranched alkanes of at least 4 members (excludes halogenated alkanes) is 30. The third-order valence-corrected chi connectivity index (χ3v) is 27.7. The predicted octanol–water partition coefficient (Wildman–Crippen LogP) is 19.8. The Morgan fingerprint density at radius 1 is 0.218 bits per heavy atom. The van der Waals surface area contributed by atoms with Crippen molar-refractivity contribution in [1.82, 2.24) is 0 Å². The average Bonchev–Trinajstić information content (AvgIpc) is 3.17. The van der Waals surface area contributed by atoms with Crippen LogP contribution in [0.15, 0.2) is 0 Å². The molecule has 2 nitrogen and oxygen atoms in total. The van der Waals surface area contributed by atoms with Crippen LogP contribution in [0.1, 0.15) is 273 Å². The van der Waals surface area contributed by atoms with E-state index >= 15 is 0 Å². The van der Waals surface area contributed by atoms with Crippen LogP contribution in [0.3, 0.4) is 0 Å². The fourth-order valence-corrected chi connectivity index (χ4v) is 26.5. The molecule has 0 saturated carbocycles. The van der Waals surface area contributed by atoms with Crippen molar-refractivity contribution >= 4 is 25.2 Å². The summed E-state index contributed by atoms with van der Waals surface area (Å²) in [6.07, 6.45) is 50.2. The summed E-state index contributed by atoms with van der Waals surface area (Å²) in [5.41, 5.74) is 0. The second-order valence-electron chi connectivity index (χ2n) is 19.1. The molecule has 0 aliphatic carbocycles. The first-order chi connectivity index (χ1) is 26.8. The SMILES string of the molecule is CCCCCCCC[Si](C)(CCCCCCCC)O[Si](CCCCCCCC)(CCCCCCCC)O[Si](C)(CCCCCCCC)CCCCCCCC. The van der Waals surface area contributed by atoms with Gasteiger partial charge < -0.3 is 8.23 Å². The molecule has 0 heterocycles. The Hall–Kier alpha value is 0.571. The molecule has 0 rings (SSSR count). The third kappa shape index (κ3) is 34.0. The first kappa shape index (κ1) is 55.6. The summed E-state index contributed by atoms with van der Waals surface area (Å²) < 4.78 is 16.5. The molecular weight excluding hydrogens is 717 g/mol. The van der Waals surface area contributed by atoms with E-state index in [1.54, 1.807) is 0 Å². The van der Waals surface area contributed by atoms with Gasteiger partial charge in [0, 0.05) is 0 Å². The fraction of sp³-hybridized carbons (Fsp3) is 1.00. The lowest BCUT2D eigenvalue weighted by molar-refractivity contribution is 0.348. The topological polar surface area (TPSA) is 18.5 Å². The maximum Gasteiger partial charge on any atom is 0.317 e. The summed E-state index contributed by atoms with van der Waals surface area (Å²) in [5, 5.41) is 0. The maximum atomic E-state index is 8.24. The van der Waals surface area contributed by atoms with Crippen LogP contribution in [-0.2, 0) is 8.23 Å². The van der Waals surface area contributed by atoms with Crippen LogP contribution in [0.4, 0.5) is 0 Å². The Morgan fingerprint density at radius 2 is 0.382 bits per heavy atom. The minimum atomic E-state index is -2.40. The molecule has 0 aromatic rings. The monoisotopic (exact) mass is 825 g/mol. The second-order valence-corrected chi connectivity index (χ2v) is 31.4. The lowest BCUT2D eigenvalue weighted by Crippen LogP contribution is -2.57. The van der Waals surface area contributed by atoms with Gasteiger partial charge in [0.2, 0.25) is 0 Å². The normalized spacial score (nSPS) is 12.7. The van der Waals surface area contributed by atoms with Crippen molar-refractivity contribution < 1.29 is 8.23 Å². The number of hydrogen-bond donors (Lipinski definition) is 0. The van der Waals surface area contributed by atoms with Gasteiger partial charge in [-0.05, 0) is 49.4 Å². The van der Waals surface area contributed by atoms with Gasteiger partial charge >= 0.3 is 8.56 Å². The van der Waals surface area contributed by atoms with E-state index in [1.807, 2.05) is 0 Å². The lowest BCUT2D eigenvalue weighted by Gasteiger charge is -2.45. The average molecular weight is 826 g/mol. The van der Waals surface area contributed by atoms with E-state index < -0.39 is 25.2 Å². The van der Waals surface area contributed by atoms with Crippen molar-refractivity contribution in [3.05, 3.63) is 0 Å². The number of hydrogen-bond acceptors (Lipinski definition) is 2. The van der Waals surface area contributed by atoms with E-state index in [9.17, 15) is 0 Å². The van der Waals surface area contributed by atoms with Crippen LogP contribution in [0, 0.1) is 0 Å². The van der Waals surface area contributed by atoms with Crippen LogP contribution in [-0.4, -0.2) is 25.2 Å². The first-order valence-electron chi connectivity index (χ1n) is 26.2. The summed E-state index contributed by atoms with van der Waals surface area (Å²) in [7, 11) is -6.27. The standard InChI is InChI=1S/C50H108O2Si3/c1-9-15-21-27-33-39-45-53(7,46-40-34-28-22-16-10-2)51-55(49-43-37-31-25-19-13-5,50-44-38-32-26-20-14-6)52-54(8,47-41-35-29-23-17-11-3)48-42-36-30-24-18-12-4/h9-50H2,1-8H3. The van der Waals surface area contributed by atoms with Gasteiger partial charge in [-0.15, -0.1) is 0 Å². The Bertz CT molecular complexity index is 667. The van der Waals surface area contributed by atoms with Gasteiger partial charge in [0.15, 0.2) is 16.6 Å². The molecule has 0 atom stereocenters. The van der Waals surface area contributed by atoms with Gasteiger partial charge in [-0.3, -0.25) is 0 Å². The van der Waals surface area contributed by atoms with Gasteiger partial charge in [-0.2, -0.15) is 0 Å². The molecule has 55 heavy (non-hydrogen) atoms.